The third kappa shape index (κ3) is 2.35. The van der Waals surface area contributed by atoms with Crippen LogP contribution in [-0.2, 0) is 9.53 Å². The Kier molecular flexibility index (Phi) is 4.43. The molecule has 5 nitrogen and oxygen atoms in total. The van der Waals surface area contributed by atoms with Gasteiger partial charge in [-0.2, -0.15) is 4.39 Å². The van der Waals surface area contributed by atoms with Gasteiger partial charge in [0.25, 0.3) is 0 Å². The van der Waals surface area contributed by atoms with Crippen LogP contribution in [0.3, 0.4) is 0 Å². The fraction of sp³-hybridized carbons (Fsp3) is 0.364. The van der Waals surface area contributed by atoms with Gasteiger partial charge in [-0.1, -0.05) is 0 Å². The molecular weight excluding hydrogens is 250 g/mol. The van der Waals surface area contributed by atoms with Crippen LogP contribution in [0.25, 0.3) is 0 Å². The van der Waals surface area contributed by atoms with E-state index in [0.29, 0.717) is 0 Å². The van der Waals surface area contributed by atoms with Crippen molar-refractivity contribution in [2.45, 2.75) is 6.10 Å². The monoisotopic (exact) mass is 262 g/mol. The van der Waals surface area contributed by atoms with Gasteiger partial charge in [0.1, 0.15) is 0 Å². The molecule has 1 N–H and O–H groups in total. The number of ether oxygens (including phenoxy) is 3. The molecule has 0 aliphatic rings. The van der Waals surface area contributed by atoms with Crippen LogP contribution in [-0.4, -0.2) is 32.4 Å². The number of hydrogen-bond donors (Lipinski definition) is 1. The predicted octanol–water partition coefficient (Wildman–Crippen LogP) is 1.19. The van der Waals surface area contributed by atoms with E-state index in [4.69, 9.17) is 0 Å². The maximum Gasteiger partial charge on any atom is 0.339 e. The van der Waals surface area contributed by atoms with Gasteiger partial charge in [-0.3, -0.25) is 0 Å². The Morgan fingerprint density at radius 2 is 1.83 bits per heavy atom. The molecular formula is C11H12F2O5. The van der Waals surface area contributed by atoms with Crippen LogP contribution in [0.5, 0.6) is 11.5 Å². The van der Waals surface area contributed by atoms with Gasteiger partial charge < -0.3 is 19.3 Å². The molecule has 0 radical (unpaired) electrons. The van der Waals surface area contributed by atoms with Crippen molar-refractivity contribution in [3.63, 3.8) is 0 Å². The van der Waals surface area contributed by atoms with E-state index in [1.807, 2.05) is 0 Å². The number of hydrogen-bond acceptors (Lipinski definition) is 5. The normalized spacial score (nSPS) is 11.9. The number of esters is 1. The molecule has 7 heteroatoms. The topological polar surface area (TPSA) is 65.0 Å². The fourth-order valence-electron chi connectivity index (χ4n) is 1.37. The average molecular weight is 262 g/mol. The van der Waals surface area contributed by atoms with Gasteiger partial charge in [0, 0.05) is 5.56 Å². The van der Waals surface area contributed by atoms with Gasteiger partial charge in [-0.15, -0.1) is 0 Å². The van der Waals surface area contributed by atoms with E-state index >= 15 is 0 Å². The number of aliphatic hydroxyl groups is 1. The largest absolute Gasteiger partial charge is 0.494 e. The van der Waals surface area contributed by atoms with Crippen molar-refractivity contribution in [1.29, 1.82) is 0 Å². The molecule has 100 valence electrons. The number of benzene rings is 1. The van der Waals surface area contributed by atoms with E-state index in [1.165, 1.54) is 0 Å². The second-order valence-electron chi connectivity index (χ2n) is 3.25. The Bertz CT molecular complexity index is 461. The Morgan fingerprint density at radius 3 is 2.28 bits per heavy atom. The number of rotatable bonds is 4. The number of halogens is 2. The molecule has 1 aromatic rings. The summed E-state index contributed by atoms with van der Waals surface area (Å²) in [6.45, 7) is 0. The zero-order valence-electron chi connectivity index (χ0n) is 9.99. The number of carbonyl (C=O) groups is 1. The third-order valence-electron chi connectivity index (χ3n) is 2.30. The molecule has 0 amide bonds. The van der Waals surface area contributed by atoms with Crippen LogP contribution in [0.15, 0.2) is 6.07 Å². The van der Waals surface area contributed by atoms with Crippen LogP contribution in [0.1, 0.15) is 11.7 Å². The minimum absolute atomic E-state index is 0.355. The van der Waals surface area contributed by atoms with Gasteiger partial charge in [0.15, 0.2) is 23.4 Å². The highest BCUT2D eigenvalue weighted by atomic mass is 19.1. The first-order valence-corrected chi connectivity index (χ1v) is 4.83. The van der Waals surface area contributed by atoms with E-state index in [1.54, 1.807) is 0 Å². The van der Waals surface area contributed by atoms with Crippen LogP contribution in [0.2, 0.25) is 0 Å². The van der Waals surface area contributed by atoms with E-state index in [0.717, 1.165) is 27.4 Å². The lowest BCUT2D eigenvalue weighted by Gasteiger charge is -2.14. The molecule has 0 aliphatic carbocycles. The second kappa shape index (κ2) is 5.63. The molecule has 0 saturated heterocycles. The van der Waals surface area contributed by atoms with E-state index in [9.17, 15) is 18.7 Å². The van der Waals surface area contributed by atoms with Crippen molar-refractivity contribution in [2.24, 2.45) is 0 Å². The number of carbonyl (C=O) groups excluding carboxylic acids is 1. The molecule has 18 heavy (non-hydrogen) atoms. The van der Waals surface area contributed by atoms with Crippen LogP contribution in [0, 0.1) is 11.6 Å². The third-order valence-corrected chi connectivity index (χ3v) is 2.30. The van der Waals surface area contributed by atoms with Crippen molar-refractivity contribution in [1.82, 2.24) is 0 Å². The minimum Gasteiger partial charge on any atom is -0.494 e. The zero-order valence-corrected chi connectivity index (χ0v) is 9.99. The SMILES string of the molecule is COC(=O)C(O)c1cc(OC)c(F)c(OC)c1F. The van der Waals surface area contributed by atoms with Crippen LogP contribution < -0.4 is 9.47 Å². The Labute approximate surface area is 102 Å². The first-order chi connectivity index (χ1) is 8.47. The summed E-state index contributed by atoms with van der Waals surface area (Å²) in [7, 11) is 3.24. The summed E-state index contributed by atoms with van der Waals surface area (Å²) in [5.74, 6) is -4.42. The highest BCUT2D eigenvalue weighted by Crippen LogP contribution is 2.35. The lowest BCUT2D eigenvalue weighted by atomic mass is 10.1. The number of methoxy groups -OCH3 is 3. The minimum atomic E-state index is -1.89. The van der Waals surface area contributed by atoms with Gasteiger partial charge >= 0.3 is 5.97 Å². The summed E-state index contributed by atoms with van der Waals surface area (Å²) < 4.78 is 40.8. The molecule has 1 atom stereocenters. The molecule has 1 rings (SSSR count). The first kappa shape index (κ1) is 14.2. The van der Waals surface area contributed by atoms with Crippen molar-refractivity contribution < 1.29 is 32.9 Å². The van der Waals surface area contributed by atoms with E-state index in [-0.39, 0.29) is 5.75 Å². The summed E-state index contributed by atoms with van der Waals surface area (Å²) in [6, 6.07) is 0.870. The summed E-state index contributed by atoms with van der Waals surface area (Å²) >= 11 is 0. The predicted molar refractivity (Wildman–Crippen MR) is 56.4 cm³/mol. The molecule has 0 aliphatic heterocycles. The molecule has 0 saturated carbocycles. The summed E-state index contributed by atoms with van der Waals surface area (Å²) in [5, 5.41) is 9.55. The zero-order chi connectivity index (χ0) is 13.9. The molecule has 0 aromatic heterocycles. The van der Waals surface area contributed by atoms with Gasteiger partial charge in [-0.25, -0.2) is 9.18 Å². The quantitative estimate of drug-likeness (QED) is 0.826. The van der Waals surface area contributed by atoms with Gasteiger partial charge in [0.2, 0.25) is 5.82 Å². The fourth-order valence-corrected chi connectivity index (χ4v) is 1.37. The maximum atomic E-state index is 13.8. The summed E-state index contributed by atoms with van der Waals surface area (Å²) in [5.41, 5.74) is -0.489. The molecule has 0 fully saturated rings. The molecule has 1 unspecified atom stereocenters. The lowest BCUT2D eigenvalue weighted by molar-refractivity contribution is -0.150. The van der Waals surface area contributed by atoms with Crippen LogP contribution >= 0.6 is 0 Å². The molecule has 0 spiro atoms. The Morgan fingerprint density at radius 1 is 1.22 bits per heavy atom. The average Bonchev–Trinajstić information content (AvgIpc) is 2.38. The van der Waals surface area contributed by atoms with Crippen molar-refractivity contribution in [3.05, 3.63) is 23.3 Å². The van der Waals surface area contributed by atoms with E-state index in [2.05, 4.69) is 14.2 Å². The molecule has 0 heterocycles. The van der Waals surface area contributed by atoms with Gasteiger partial charge in [0.05, 0.1) is 21.3 Å². The van der Waals surface area contributed by atoms with Crippen molar-refractivity contribution in [3.8, 4) is 11.5 Å². The highest BCUT2D eigenvalue weighted by Gasteiger charge is 2.28. The lowest BCUT2D eigenvalue weighted by Crippen LogP contribution is -2.16. The summed E-state index contributed by atoms with van der Waals surface area (Å²) in [4.78, 5) is 11.1. The van der Waals surface area contributed by atoms with E-state index < -0.39 is 35.0 Å². The second-order valence-corrected chi connectivity index (χ2v) is 3.25. The summed E-state index contributed by atoms with van der Waals surface area (Å²) in [6.07, 6.45) is -1.89. The molecule has 1 aromatic carbocycles. The highest BCUT2D eigenvalue weighted by molar-refractivity contribution is 5.76. The van der Waals surface area contributed by atoms with Gasteiger partial charge in [-0.05, 0) is 6.07 Å². The standard InChI is InChI=1S/C11H12F2O5/c1-16-6-4-5(9(14)11(15)18-3)7(12)10(17-2)8(6)13/h4,9,14H,1-3H3. The van der Waals surface area contributed by atoms with Crippen molar-refractivity contribution in [2.75, 3.05) is 21.3 Å². The Balaban J connectivity index is 3.40. The van der Waals surface area contributed by atoms with Crippen LogP contribution in [0.4, 0.5) is 8.78 Å². The molecule has 0 bridgehead atoms. The maximum absolute atomic E-state index is 13.8. The number of aliphatic hydroxyl groups excluding tert-OH is 1. The Hall–Kier alpha value is -1.89. The smallest absolute Gasteiger partial charge is 0.339 e. The van der Waals surface area contributed by atoms with Crippen molar-refractivity contribution >= 4 is 5.97 Å². The first-order valence-electron chi connectivity index (χ1n) is 4.83.